The second kappa shape index (κ2) is 5.24. The van der Waals surface area contributed by atoms with Crippen LogP contribution in [-0.2, 0) is 0 Å². The lowest BCUT2D eigenvalue weighted by Gasteiger charge is -2.21. The molecule has 1 N–H and O–H groups in total. The Kier molecular flexibility index (Phi) is 3.48. The summed E-state index contributed by atoms with van der Waals surface area (Å²) in [5, 5.41) is 7.47. The predicted octanol–water partition coefficient (Wildman–Crippen LogP) is 3.92. The number of hydrogen-bond donors (Lipinski definition) is 1. The van der Waals surface area contributed by atoms with E-state index in [0.717, 1.165) is 34.3 Å². The second-order valence-electron chi connectivity index (χ2n) is 4.61. The summed E-state index contributed by atoms with van der Waals surface area (Å²) in [6, 6.07) is 8.56. The molecule has 4 heteroatoms. The molecule has 1 aliphatic rings. The van der Waals surface area contributed by atoms with Gasteiger partial charge in [-0.3, -0.25) is 0 Å². The molecule has 1 aliphatic heterocycles. The Bertz CT molecular complexity index is 515. The van der Waals surface area contributed by atoms with Crippen molar-refractivity contribution in [2.75, 3.05) is 6.54 Å². The minimum atomic E-state index is 0.305. The van der Waals surface area contributed by atoms with Gasteiger partial charge in [0.25, 0.3) is 0 Å². The van der Waals surface area contributed by atoms with E-state index in [2.05, 4.69) is 38.5 Å². The number of halogens is 1. The van der Waals surface area contributed by atoms with E-state index in [9.17, 15) is 0 Å². The summed E-state index contributed by atoms with van der Waals surface area (Å²) in [5.41, 5.74) is 2.25. The van der Waals surface area contributed by atoms with Crippen LogP contribution in [0.15, 0.2) is 39.5 Å². The minimum absolute atomic E-state index is 0.305. The molecule has 0 aliphatic carbocycles. The van der Waals surface area contributed by atoms with Gasteiger partial charge in [0.2, 0.25) is 0 Å². The van der Waals surface area contributed by atoms with Crippen LogP contribution in [0.4, 0.5) is 0 Å². The average molecular weight is 307 g/mol. The lowest BCUT2D eigenvalue weighted by atomic mass is 9.97. The standard InChI is InChI=1S/C14H15BrN2O/c15-11-6-4-10(5-7-11)12-9-17-18-14(12)13-3-1-2-8-16-13/h4-7,9,13,16H,1-3,8H2. The number of nitrogens with one attached hydrogen (secondary N) is 1. The molecule has 3 rings (SSSR count). The summed E-state index contributed by atoms with van der Waals surface area (Å²) in [6.45, 7) is 1.06. The van der Waals surface area contributed by atoms with Gasteiger partial charge in [0.05, 0.1) is 12.2 Å². The summed E-state index contributed by atoms with van der Waals surface area (Å²) >= 11 is 3.45. The lowest BCUT2D eigenvalue weighted by molar-refractivity contribution is 0.306. The van der Waals surface area contributed by atoms with Crippen LogP contribution in [0.3, 0.4) is 0 Å². The highest BCUT2D eigenvalue weighted by atomic mass is 79.9. The van der Waals surface area contributed by atoms with Crippen molar-refractivity contribution in [3.63, 3.8) is 0 Å². The van der Waals surface area contributed by atoms with Crippen molar-refractivity contribution in [3.8, 4) is 11.1 Å². The van der Waals surface area contributed by atoms with Gasteiger partial charge in [-0.05, 0) is 37.1 Å². The van der Waals surface area contributed by atoms with Crippen molar-refractivity contribution in [3.05, 3.63) is 40.7 Å². The maximum absolute atomic E-state index is 5.46. The first-order valence-corrected chi connectivity index (χ1v) is 7.08. The number of aromatic nitrogens is 1. The Balaban J connectivity index is 1.93. The fraction of sp³-hybridized carbons (Fsp3) is 0.357. The van der Waals surface area contributed by atoms with Crippen LogP contribution in [0.5, 0.6) is 0 Å². The molecule has 1 aromatic heterocycles. The first-order valence-electron chi connectivity index (χ1n) is 6.28. The highest BCUT2D eigenvalue weighted by molar-refractivity contribution is 9.10. The predicted molar refractivity (Wildman–Crippen MR) is 74.2 cm³/mol. The second-order valence-corrected chi connectivity index (χ2v) is 5.53. The molecule has 0 spiro atoms. The van der Waals surface area contributed by atoms with Gasteiger partial charge < -0.3 is 9.84 Å². The van der Waals surface area contributed by atoms with Crippen LogP contribution in [0.2, 0.25) is 0 Å². The van der Waals surface area contributed by atoms with E-state index in [1.165, 1.54) is 12.8 Å². The SMILES string of the molecule is Brc1ccc(-c2cnoc2C2CCCCN2)cc1. The van der Waals surface area contributed by atoms with Gasteiger partial charge in [-0.2, -0.15) is 0 Å². The molecule has 1 atom stereocenters. The van der Waals surface area contributed by atoms with Crippen LogP contribution < -0.4 is 5.32 Å². The van der Waals surface area contributed by atoms with Crippen molar-refractivity contribution in [1.82, 2.24) is 10.5 Å². The van der Waals surface area contributed by atoms with Crippen LogP contribution >= 0.6 is 15.9 Å². The highest BCUT2D eigenvalue weighted by Gasteiger charge is 2.22. The first-order chi connectivity index (χ1) is 8.84. The molecule has 0 amide bonds. The van der Waals surface area contributed by atoms with Crippen LogP contribution in [0.25, 0.3) is 11.1 Å². The zero-order valence-electron chi connectivity index (χ0n) is 10.0. The Morgan fingerprint density at radius 3 is 2.78 bits per heavy atom. The van der Waals surface area contributed by atoms with Gasteiger partial charge >= 0.3 is 0 Å². The summed E-state index contributed by atoms with van der Waals surface area (Å²) in [4.78, 5) is 0. The molecule has 1 aromatic carbocycles. The number of piperidine rings is 1. The topological polar surface area (TPSA) is 38.1 Å². The summed E-state index contributed by atoms with van der Waals surface area (Å²) < 4.78 is 6.55. The zero-order chi connectivity index (χ0) is 12.4. The third kappa shape index (κ3) is 2.35. The Labute approximate surface area is 115 Å². The Morgan fingerprint density at radius 1 is 1.22 bits per heavy atom. The van der Waals surface area contributed by atoms with E-state index >= 15 is 0 Å². The molecule has 1 fully saturated rings. The van der Waals surface area contributed by atoms with Gasteiger partial charge in [0, 0.05) is 10.0 Å². The van der Waals surface area contributed by atoms with Gasteiger partial charge in [-0.1, -0.05) is 39.6 Å². The van der Waals surface area contributed by atoms with Crippen molar-refractivity contribution >= 4 is 15.9 Å². The van der Waals surface area contributed by atoms with Gasteiger partial charge in [-0.25, -0.2) is 0 Å². The van der Waals surface area contributed by atoms with Crippen molar-refractivity contribution in [2.24, 2.45) is 0 Å². The molecule has 0 saturated carbocycles. The maximum atomic E-state index is 5.46. The molecule has 2 heterocycles. The molecule has 2 aromatic rings. The fourth-order valence-corrected chi connectivity index (χ4v) is 2.69. The van der Waals surface area contributed by atoms with Gasteiger partial charge in [0.15, 0.2) is 5.76 Å². The van der Waals surface area contributed by atoms with E-state index in [1.807, 2.05) is 18.3 Å². The monoisotopic (exact) mass is 306 g/mol. The molecular weight excluding hydrogens is 292 g/mol. The molecule has 0 radical (unpaired) electrons. The molecule has 94 valence electrons. The van der Waals surface area contributed by atoms with Gasteiger partial charge in [0.1, 0.15) is 0 Å². The van der Waals surface area contributed by atoms with Crippen LogP contribution in [0, 0.1) is 0 Å². The first kappa shape index (κ1) is 11.9. The van der Waals surface area contributed by atoms with E-state index < -0.39 is 0 Å². The lowest BCUT2D eigenvalue weighted by Crippen LogP contribution is -2.26. The molecule has 18 heavy (non-hydrogen) atoms. The Morgan fingerprint density at radius 2 is 2.06 bits per heavy atom. The van der Waals surface area contributed by atoms with Crippen LogP contribution in [0.1, 0.15) is 31.1 Å². The molecule has 1 saturated heterocycles. The van der Waals surface area contributed by atoms with E-state index in [-0.39, 0.29) is 0 Å². The van der Waals surface area contributed by atoms with Crippen molar-refractivity contribution in [1.29, 1.82) is 0 Å². The van der Waals surface area contributed by atoms with E-state index in [0.29, 0.717) is 6.04 Å². The summed E-state index contributed by atoms with van der Waals surface area (Å²) in [7, 11) is 0. The highest BCUT2D eigenvalue weighted by Crippen LogP contribution is 2.32. The third-order valence-corrected chi connectivity index (χ3v) is 3.91. The van der Waals surface area contributed by atoms with Crippen molar-refractivity contribution < 1.29 is 4.52 Å². The molecule has 1 unspecified atom stereocenters. The van der Waals surface area contributed by atoms with E-state index in [1.54, 1.807) is 0 Å². The Hall–Kier alpha value is -1.13. The van der Waals surface area contributed by atoms with Crippen LogP contribution in [-0.4, -0.2) is 11.7 Å². The molecular formula is C14H15BrN2O. The maximum Gasteiger partial charge on any atom is 0.161 e. The quantitative estimate of drug-likeness (QED) is 0.914. The normalized spacial score (nSPS) is 19.9. The number of benzene rings is 1. The summed E-state index contributed by atoms with van der Waals surface area (Å²) in [5.74, 6) is 0.969. The number of nitrogens with zero attached hydrogens (tertiary/aromatic N) is 1. The van der Waals surface area contributed by atoms with Crippen molar-refractivity contribution in [2.45, 2.75) is 25.3 Å². The van der Waals surface area contributed by atoms with Gasteiger partial charge in [-0.15, -0.1) is 0 Å². The summed E-state index contributed by atoms with van der Waals surface area (Å²) in [6.07, 6.45) is 5.43. The zero-order valence-corrected chi connectivity index (χ0v) is 11.6. The third-order valence-electron chi connectivity index (χ3n) is 3.38. The number of hydrogen-bond acceptors (Lipinski definition) is 3. The largest absolute Gasteiger partial charge is 0.359 e. The average Bonchev–Trinajstić information content (AvgIpc) is 2.90. The minimum Gasteiger partial charge on any atom is -0.359 e. The molecule has 0 bridgehead atoms. The fourth-order valence-electron chi connectivity index (χ4n) is 2.42. The molecule has 3 nitrogen and oxygen atoms in total. The number of rotatable bonds is 2. The smallest absolute Gasteiger partial charge is 0.161 e. The van der Waals surface area contributed by atoms with E-state index in [4.69, 9.17) is 4.52 Å².